The zero-order chi connectivity index (χ0) is 16.9. The second-order valence-electron chi connectivity index (χ2n) is 3.89. The van der Waals surface area contributed by atoms with Gasteiger partial charge in [0.2, 0.25) is 5.91 Å². The number of nitrogens with zero attached hydrogens (tertiary/aromatic N) is 3. The second-order valence-corrected chi connectivity index (χ2v) is 3.89. The Balaban J connectivity index is 3.16. The molecule has 5 N–H and O–H groups in total. The van der Waals surface area contributed by atoms with Crippen molar-refractivity contribution in [1.82, 2.24) is 0 Å². The molecule has 1 aromatic carbocycles. The highest BCUT2D eigenvalue weighted by atomic mass is 16.6. The Bertz CT molecular complexity index is 684. The van der Waals surface area contributed by atoms with Crippen LogP contribution in [0, 0.1) is 20.2 Å². The predicted molar refractivity (Wildman–Crippen MR) is 73.8 cm³/mol. The third-order valence-electron chi connectivity index (χ3n) is 2.33. The normalized spacial score (nSPS) is 10.8. The van der Waals surface area contributed by atoms with Crippen LogP contribution in [0.4, 0.5) is 17.1 Å². The molecule has 0 aliphatic rings. The molecule has 0 aromatic heterocycles. The van der Waals surface area contributed by atoms with E-state index in [1.54, 1.807) is 0 Å². The molecular weight excluding hydrogens is 300 g/mol. The average Bonchev–Trinajstić information content (AvgIpc) is 2.42. The third kappa shape index (κ3) is 4.22. The maximum Gasteiger partial charge on any atom is 0.301 e. The number of hydrogen-bond donors (Lipinski definition) is 3. The van der Waals surface area contributed by atoms with Gasteiger partial charge in [-0.1, -0.05) is 0 Å². The van der Waals surface area contributed by atoms with Gasteiger partial charge < -0.3 is 11.5 Å². The molecule has 1 rings (SSSR count). The van der Waals surface area contributed by atoms with Crippen LogP contribution in [0.15, 0.2) is 23.3 Å². The van der Waals surface area contributed by atoms with Crippen LogP contribution in [-0.4, -0.2) is 27.4 Å². The summed E-state index contributed by atoms with van der Waals surface area (Å²) >= 11 is 0. The quantitative estimate of drug-likeness (QED) is 0.346. The minimum absolute atomic E-state index is 0.223. The number of carbonyl (C=O) groups is 2. The van der Waals surface area contributed by atoms with Gasteiger partial charge in [0.1, 0.15) is 11.4 Å². The summed E-state index contributed by atoms with van der Waals surface area (Å²) in [6, 6.07) is 2.75. The molecule has 0 aliphatic heterocycles. The molecule has 0 heterocycles. The molecule has 0 radical (unpaired) electrons. The fourth-order valence-corrected chi connectivity index (χ4v) is 1.35. The van der Waals surface area contributed by atoms with Crippen molar-refractivity contribution < 1.29 is 19.4 Å². The molecule has 2 amide bonds. The zero-order valence-electron chi connectivity index (χ0n) is 10.9. The SMILES string of the molecule is NC(=O)C/C(=N/Nc1ccc([N+](=O)[O-])cc1[N+](=O)[O-])C(N)=O. The van der Waals surface area contributed by atoms with Crippen molar-refractivity contribution in [1.29, 1.82) is 0 Å². The van der Waals surface area contributed by atoms with E-state index in [0.717, 1.165) is 18.2 Å². The maximum absolute atomic E-state index is 11.0. The minimum atomic E-state index is -1.05. The molecule has 0 aliphatic carbocycles. The van der Waals surface area contributed by atoms with Crippen LogP contribution >= 0.6 is 0 Å². The van der Waals surface area contributed by atoms with E-state index in [2.05, 4.69) is 10.5 Å². The van der Waals surface area contributed by atoms with Crippen LogP contribution in [0.25, 0.3) is 0 Å². The largest absolute Gasteiger partial charge is 0.369 e. The molecule has 0 unspecified atom stereocenters. The topological polar surface area (TPSA) is 197 Å². The first-order valence-corrected chi connectivity index (χ1v) is 5.56. The van der Waals surface area contributed by atoms with Gasteiger partial charge in [0.25, 0.3) is 11.6 Å². The number of nitrogens with one attached hydrogen (secondary N) is 1. The molecular formula is C10H10N6O6. The average molecular weight is 310 g/mol. The summed E-state index contributed by atoms with van der Waals surface area (Å²) < 4.78 is 0. The second kappa shape index (κ2) is 6.74. The number of hydrogen-bond acceptors (Lipinski definition) is 8. The van der Waals surface area contributed by atoms with E-state index in [0.29, 0.717) is 0 Å². The number of anilines is 1. The number of primary amides is 2. The predicted octanol–water partition coefficient (Wildman–Crippen LogP) is -0.368. The highest BCUT2D eigenvalue weighted by molar-refractivity contribution is 6.41. The highest BCUT2D eigenvalue weighted by Gasteiger charge is 2.20. The Labute approximate surface area is 122 Å². The summed E-state index contributed by atoms with van der Waals surface area (Å²) in [6.45, 7) is 0. The lowest BCUT2D eigenvalue weighted by Gasteiger charge is -2.04. The van der Waals surface area contributed by atoms with Crippen molar-refractivity contribution in [3.8, 4) is 0 Å². The number of rotatable bonds is 7. The molecule has 116 valence electrons. The van der Waals surface area contributed by atoms with Crippen molar-refractivity contribution in [2.45, 2.75) is 6.42 Å². The summed E-state index contributed by atoms with van der Waals surface area (Å²) in [5.41, 5.74) is 10.2. The lowest BCUT2D eigenvalue weighted by molar-refractivity contribution is -0.393. The molecule has 0 saturated heterocycles. The Morgan fingerprint density at radius 1 is 1.18 bits per heavy atom. The molecule has 1 aromatic rings. The van der Waals surface area contributed by atoms with Gasteiger partial charge in [-0.25, -0.2) is 0 Å². The van der Waals surface area contributed by atoms with E-state index >= 15 is 0 Å². The molecule has 0 spiro atoms. The van der Waals surface area contributed by atoms with Crippen molar-refractivity contribution in [2.24, 2.45) is 16.6 Å². The smallest absolute Gasteiger partial charge is 0.301 e. The Hall–Kier alpha value is -3.57. The first kappa shape index (κ1) is 16.5. The van der Waals surface area contributed by atoms with Crippen LogP contribution in [0.2, 0.25) is 0 Å². The first-order chi connectivity index (χ1) is 10.2. The van der Waals surface area contributed by atoms with Crippen LogP contribution in [0.1, 0.15) is 6.42 Å². The van der Waals surface area contributed by atoms with Gasteiger partial charge in [0, 0.05) is 6.07 Å². The number of nitrogens with two attached hydrogens (primary N) is 2. The van der Waals surface area contributed by atoms with Gasteiger partial charge >= 0.3 is 5.69 Å². The fraction of sp³-hybridized carbons (Fsp3) is 0.100. The minimum Gasteiger partial charge on any atom is -0.369 e. The summed E-state index contributed by atoms with van der Waals surface area (Å²) in [5, 5.41) is 24.9. The lowest BCUT2D eigenvalue weighted by atomic mass is 10.2. The van der Waals surface area contributed by atoms with Gasteiger partial charge in [0.05, 0.1) is 22.3 Å². The van der Waals surface area contributed by atoms with Crippen molar-refractivity contribution in [2.75, 3.05) is 5.43 Å². The summed E-state index contributed by atoms with van der Waals surface area (Å²) in [7, 11) is 0. The van der Waals surface area contributed by atoms with Gasteiger partial charge in [-0.3, -0.25) is 35.2 Å². The van der Waals surface area contributed by atoms with Crippen molar-refractivity contribution in [3.63, 3.8) is 0 Å². The summed E-state index contributed by atoms with van der Waals surface area (Å²) in [6.07, 6.45) is -0.566. The van der Waals surface area contributed by atoms with E-state index in [-0.39, 0.29) is 5.69 Å². The van der Waals surface area contributed by atoms with Crippen LogP contribution in [0.3, 0.4) is 0 Å². The number of amides is 2. The number of carbonyl (C=O) groups excluding carboxylic acids is 2. The van der Waals surface area contributed by atoms with E-state index in [9.17, 15) is 29.8 Å². The standard InChI is InChI=1S/C10H10N6O6/c11-9(17)4-7(10(12)18)14-13-6-2-1-5(15(19)20)3-8(6)16(21)22/h1-3,13H,4H2,(H2,11,17)(H2,12,18)/b14-7-. The van der Waals surface area contributed by atoms with Crippen LogP contribution in [-0.2, 0) is 9.59 Å². The van der Waals surface area contributed by atoms with E-state index in [1.807, 2.05) is 0 Å². The molecule has 12 nitrogen and oxygen atoms in total. The Kier molecular flexibility index (Phi) is 5.05. The third-order valence-corrected chi connectivity index (χ3v) is 2.33. The monoisotopic (exact) mass is 310 g/mol. The van der Waals surface area contributed by atoms with E-state index in [1.165, 1.54) is 0 Å². The molecule has 22 heavy (non-hydrogen) atoms. The lowest BCUT2D eigenvalue weighted by Crippen LogP contribution is -2.29. The summed E-state index contributed by atoms with van der Waals surface area (Å²) in [4.78, 5) is 41.6. The molecule has 0 saturated carbocycles. The van der Waals surface area contributed by atoms with E-state index < -0.39 is 45.2 Å². The van der Waals surface area contributed by atoms with Gasteiger partial charge in [-0.05, 0) is 6.07 Å². The molecule has 0 bridgehead atoms. The number of benzene rings is 1. The highest BCUT2D eigenvalue weighted by Crippen LogP contribution is 2.28. The van der Waals surface area contributed by atoms with Crippen LogP contribution in [0.5, 0.6) is 0 Å². The maximum atomic E-state index is 11.0. The molecule has 0 atom stereocenters. The number of hydrazone groups is 1. The molecule has 0 fully saturated rings. The number of nitro groups is 2. The summed E-state index contributed by atoms with van der Waals surface area (Å²) in [5.74, 6) is -1.92. The Morgan fingerprint density at radius 3 is 2.27 bits per heavy atom. The van der Waals surface area contributed by atoms with E-state index in [4.69, 9.17) is 11.5 Å². The van der Waals surface area contributed by atoms with Gasteiger partial charge in [-0.2, -0.15) is 5.10 Å². The van der Waals surface area contributed by atoms with Gasteiger partial charge in [-0.15, -0.1) is 0 Å². The van der Waals surface area contributed by atoms with Gasteiger partial charge in [0.15, 0.2) is 0 Å². The van der Waals surface area contributed by atoms with Crippen LogP contribution < -0.4 is 16.9 Å². The first-order valence-electron chi connectivity index (χ1n) is 5.56. The number of nitro benzene ring substituents is 2. The number of non-ortho nitro benzene ring substituents is 1. The fourth-order valence-electron chi connectivity index (χ4n) is 1.35. The molecule has 12 heteroatoms. The zero-order valence-corrected chi connectivity index (χ0v) is 10.9. The Morgan fingerprint density at radius 2 is 1.82 bits per heavy atom. The van der Waals surface area contributed by atoms with Crippen molar-refractivity contribution >= 4 is 34.6 Å². The van der Waals surface area contributed by atoms with Crippen molar-refractivity contribution in [3.05, 3.63) is 38.4 Å².